The minimum absolute atomic E-state index is 0.581. The molecule has 0 radical (unpaired) electrons. The number of hydrogen-bond donors (Lipinski definition) is 0. The SMILES string of the molecule is C=CCSc1nc(Oc2cccc(C)c2)c2sc3nc(C)cc(C)c3c2n1. The summed E-state index contributed by atoms with van der Waals surface area (Å²) in [7, 11) is 0. The minimum atomic E-state index is 0.581. The van der Waals surface area contributed by atoms with E-state index in [1.807, 2.05) is 44.2 Å². The first-order chi connectivity index (χ1) is 13.0. The highest BCUT2D eigenvalue weighted by Gasteiger charge is 2.18. The number of ether oxygens (including phenoxy) is 1. The quantitative estimate of drug-likeness (QED) is 0.228. The molecule has 0 saturated heterocycles. The van der Waals surface area contributed by atoms with Crippen molar-refractivity contribution in [3.8, 4) is 11.6 Å². The Kier molecular flexibility index (Phi) is 4.85. The number of aromatic nitrogens is 3. The average molecular weight is 394 g/mol. The molecule has 0 bridgehead atoms. The molecule has 0 aliphatic heterocycles. The molecule has 1 aromatic carbocycles. The summed E-state index contributed by atoms with van der Waals surface area (Å²) in [4.78, 5) is 15.2. The first-order valence-electron chi connectivity index (χ1n) is 8.62. The van der Waals surface area contributed by atoms with E-state index in [4.69, 9.17) is 14.7 Å². The van der Waals surface area contributed by atoms with Crippen molar-refractivity contribution >= 4 is 43.5 Å². The third-order valence-corrected chi connectivity index (χ3v) is 6.00. The number of fused-ring (bicyclic) bond motifs is 3. The largest absolute Gasteiger partial charge is 0.437 e. The molecule has 0 amide bonds. The van der Waals surface area contributed by atoms with Gasteiger partial charge in [-0.3, -0.25) is 0 Å². The van der Waals surface area contributed by atoms with Gasteiger partial charge in [0.15, 0.2) is 5.16 Å². The number of hydrogen-bond acceptors (Lipinski definition) is 6. The Bertz CT molecular complexity index is 1170. The number of rotatable bonds is 5. The molecular weight excluding hydrogens is 374 g/mol. The molecule has 0 aliphatic rings. The second-order valence-electron chi connectivity index (χ2n) is 6.37. The highest BCUT2D eigenvalue weighted by atomic mass is 32.2. The first kappa shape index (κ1) is 17.9. The summed E-state index contributed by atoms with van der Waals surface area (Å²) in [5, 5.41) is 1.77. The number of nitrogens with zero attached hydrogens (tertiary/aromatic N) is 3. The lowest BCUT2D eigenvalue weighted by Crippen LogP contribution is -1.94. The van der Waals surface area contributed by atoms with Crippen molar-refractivity contribution in [3.05, 3.63) is 59.8 Å². The van der Waals surface area contributed by atoms with E-state index in [1.54, 1.807) is 23.1 Å². The number of thiophene rings is 1. The van der Waals surface area contributed by atoms with Crippen molar-refractivity contribution in [1.82, 2.24) is 15.0 Å². The first-order valence-corrected chi connectivity index (χ1v) is 10.4. The Morgan fingerprint density at radius 2 is 2.00 bits per heavy atom. The number of pyridine rings is 1. The maximum Gasteiger partial charge on any atom is 0.241 e. The number of thioether (sulfide) groups is 1. The Balaban J connectivity index is 1.94. The summed E-state index contributed by atoms with van der Waals surface area (Å²) in [5.41, 5.74) is 4.22. The van der Waals surface area contributed by atoms with Crippen LogP contribution in [0.2, 0.25) is 0 Å². The number of benzene rings is 1. The van der Waals surface area contributed by atoms with Crippen LogP contribution in [0.4, 0.5) is 0 Å². The average Bonchev–Trinajstić information content (AvgIpc) is 2.98. The molecule has 0 spiro atoms. The molecule has 4 aromatic rings. The van der Waals surface area contributed by atoms with Crippen LogP contribution in [0.3, 0.4) is 0 Å². The van der Waals surface area contributed by atoms with E-state index in [0.717, 1.165) is 43.2 Å². The fraction of sp³-hybridized carbons (Fsp3) is 0.190. The standard InChI is InChI=1S/C21H19N3OS2/c1-5-9-26-21-23-17-16-13(3)11-14(4)22-20(16)27-18(17)19(24-21)25-15-8-6-7-12(2)10-15/h5-8,10-11H,1,9H2,2-4H3. The summed E-state index contributed by atoms with van der Waals surface area (Å²) in [6.45, 7) is 9.94. The lowest BCUT2D eigenvalue weighted by atomic mass is 10.1. The lowest BCUT2D eigenvalue weighted by Gasteiger charge is -2.08. The van der Waals surface area contributed by atoms with Gasteiger partial charge in [0.2, 0.25) is 5.88 Å². The van der Waals surface area contributed by atoms with Gasteiger partial charge in [0.05, 0.1) is 5.52 Å². The fourth-order valence-electron chi connectivity index (χ4n) is 2.99. The monoisotopic (exact) mass is 393 g/mol. The summed E-state index contributed by atoms with van der Waals surface area (Å²) >= 11 is 3.13. The molecule has 0 aliphatic carbocycles. The molecule has 3 aromatic heterocycles. The third kappa shape index (κ3) is 3.55. The van der Waals surface area contributed by atoms with Gasteiger partial charge in [0.25, 0.3) is 0 Å². The van der Waals surface area contributed by atoms with Crippen LogP contribution >= 0.6 is 23.1 Å². The molecule has 6 heteroatoms. The molecule has 136 valence electrons. The summed E-state index contributed by atoms with van der Waals surface area (Å²) in [6.07, 6.45) is 1.85. The highest BCUT2D eigenvalue weighted by molar-refractivity contribution is 7.99. The maximum atomic E-state index is 6.19. The molecule has 4 rings (SSSR count). The molecule has 0 unspecified atom stereocenters. The summed E-state index contributed by atoms with van der Waals surface area (Å²) in [6, 6.07) is 10.1. The van der Waals surface area contributed by atoms with Gasteiger partial charge in [-0.2, -0.15) is 4.98 Å². The van der Waals surface area contributed by atoms with Crippen molar-refractivity contribution < 1.29 is 4.74 Å². The maximum absolute atomic E-state index is 6.19. The highest BCUT2D eigenvalue weighted by Crippen LogP contribution is 2.40. The fourth-order valence-corrected chi connectivity index (χ4v) is 4.72. The van der Waals surface area contributed by atoms with E-state index >= 15 is 0 Å². The third-order valence-electron chi connectivity index (χ3n) is 4.10. The molecule has 0 fully saturated rings. The van der Waals surface area contributed by atoms with E-state index < -0.39 is 0 Å². The van der Waals surface area contributed by atoms with Crippen LogP contribution in [0.1, 0.15) is 16.8 Å². The molecule has 27 heavy (non-hydrogen) atoms. The lowest BCUT2D eigenvalue weighted by molar-refractivity contribution is 0.463. The van der Waals surface area contributed by atoms with Gasteiger partial charge < -0.3 is 4.74 Å². The van der Waals surface area contributed by atoms with Gasteiger partial charge >= 0.3 is 0 Å². The topological polar surface area (TPSA) is 47.9 Å². The van der Waals surface area contributed by atoms with E-state index in [2.05, 4.69) is 24.6 Å². The molecule has 3 heterocycles. The van der Waals surface area contributed by atoms with Gasteiger partial charge in [0, 0.05) is 16.8 Å². The predicted molar refractivity (Wildman–Crippen MR) is 114 cm³/mol. The Hall–Kier alpha value is -2.44. The van der Waals surface area contributed by atoms with Crippen molar-refractivity contribution in [2.24, 2.45) is 0 Å². The zero-order valence-electron chi connectivity index (χ0n) is 15.4. The van der Waals surface area contributed by atoms with E-state index in [-0.39, 0.29) is 0 Å². The van der Waals surface area contributed by atoms with Gasteiger partial charge in [-0.1, -0.05) is 30.0 Å². The molecule has 0 N–H and O–H groups in total. The second-order valence-corrected chi connectivity index (χ2v) is 8.36. The van der Waals surface area contributed by atoms with E-state index in [9.17, 15) is 0 Å². The summed E-state index contributed by atoms with van der Waals surface area (Å²) in [5.74, 6) is 2.10. The molecule has 4 nitrogen and oxygen atoms in total. The van der Waals surface area contributed by atoms with Crippen LogP contribution in [0.5, 0.6) is 11.6 Å². The van der Waals surface area contributed by atoms with Crippen molar-refractivity contribution in [1.29, 1.82) is 0 Å². The zero-order chi connectivity index (χ0) is 19.0. The second kappa shape index (κ2) is 7.29. The van der Waals surface area contributed by atoms with Crippen LogP contribution in [0, 0.1) is 20.8 Å². The predicted octanol–water partition coefficient (Wildman–Crippen LogP) is 6.24. The van der Waals surface area contributed by atoms with Gasteiger partial charge in [0.1, 0.15) is 15.3 Å². The van der Waals surface area contributed by atoms with Crippen molar-refractivity contribution in [2.45, 2.75) is 25.9 Å². The normalized spacial score (nSPS) is 11.2. The van der Waals surface area contributed by atoms with Crippen LogP contribution in [-0.2, 0) is 0 Å². The Morgan fingerprint density at radius 3 is 2.78 bits per heavy atom. The molecule has 0 atom stereocenters. The van der Waals surface area contributed by atoms with Crippen LogP contribution < -0.4 is 4.74 Å². The van der Waals surface area contributed by atoms with Crippen LogP contribution in [0.25, 0.3) is 20.4 Å². The van der Waals surface area contributed by atoms with Crippen molar-refractivity contribution in [3.63, 3.8) is 0 Å². The smallest absolute Gasteiger partial charge is 0.241 e. The van der Waals surface area contributed by atoms with Gasteiger partial charge in [-0.25, -0.2) is 9.97 Å². The van der Waals surface area contributed by atoms with Crippen LogP contribution in [0.15, 0.2) is 48.1 Å². The van der Waals surface area contributed by atoms with E-state index in [1.165, 1.54) is 5.56 Å². The number of aryl methyl sites for hydroxylation is 3. The molecule has 0 saturated carbocycles. The Morgan fingerprint density at radius 1 is 1.15 bits per heavy atom. The van der Waals surface area contributed by atoms with Crippen molar-refractivity contribution in [2.75, 3.05) is 5.75 Å². The van der Waals surface area contributed by atoms with Gasteiger partial charge in [-0.15, -0.1) is 17.9 Å². The van der Waals surface area contributed by atoms with E-state index in [0.29, 0.717) is 11.0 Å². The van der Waals surface area contributed by atoms with Crippen LogP contribution in [-0.4, -0.2) is 20.7 Å². The minimum Gasteiger partial charge on any atom is -0.437 e. The Labute approximate surface area is 166 Å². The zero-order valence-corrected chi connectivity index (χ0v) is 17.1. The van der Waals surface area contributed by atoms with Gasteiger partial charge in [-0.05, 0) is 50.1 Å². The molecular formula is C21H19N3OS2. The summed E-state index contributed by atoms with van der Waals surface area (Å²) < 4.78 is 7.11.